The summed E-state index contributed by atoms with van der Waals surface area (Å²) in [5.41, 5.74) is 4.97. The lowest BCUT2D eigenvalue weighted by molar-refractivity contribution is -0.968. The summed E-state index contributed by atoms with van der Waals surface area (Å²) in [4.78, 5) is 15.8. The van der Waals surface area contributed by atoms with Gasteiger partial charge in [-0.3, -0.25) is 4.79 Å². The molecule has 5 rings (SSSR count). The molecule has 1 aromatic carbocycles. The number of quaternary nitrogens is 1. The van der Waals surface area contributed by atoms with Crippen molar-refractivity contribution in [3.8, 4) is 0 Å². The zero-order chi connectivity index (χ0) is 19.0. The van der Waals surface area contributed by atoms with Gasteiger partial charge in [0.05, 0.1) is 19.1 Å². The first kappa shape index (κ1) is 18.4. The van der Waals surface area contributed by atoms with Gasteiger partial charge in [-0.25, -0.2) is 0 Å². The van der Waals surface area contributed by atoms with Crippen LogP contribution in [0.3, 0.4) is 0 Å². The lowest BCUT2D eigenvalue weighted by Gasteiger charge is -2.49. The van der Waals surface area contributed by atoms with E-state index in [1.54, 1.807) is 0 Å². The molecule has 2 N–H and O–H groups in total. The first-order chi connectivity index (χ1) is 13.8. The lowest BCUT2D eigenvalue weighted by Crippen LogP contribution is -2.59. The topological polar surface area (TPSA) is 44.9 Å². The van der Waals surface area contributed by atoms with Crippen LogP contribution in [-0.2, 0) is 19.4 Å². The number of pyridine rings is 1. The van der Waals surface area contributed by atoms with Gasteiger partial charge < -0.3 is 14.8 Å². The minimum Gasteiger partial charge on any atom is -0.322 e. The molecule has 0 amide bonds. The largest absolute Gasteiger partial charge is 0.322 e. The van der Waals surface area contributed by atoms with Crippen LogP contribution < -0.4 is 10.9 Å². The smallest absolute Gasteiger partial charge is 0.251 e. The van der Waals surface area contributed by atoms with E-state index in [-0.39, 0.29) is 5.56 Å². The van der Waals surface area contributed by atoms with Gasteiger partial charge in [0.15, 0.2) is 0 Å². The van der Waals surface area contributed by atoms with Gasteiger partial charge in [-0.15, -0.1) is 0 Å². The molecule has 3 aliphatic rings. The Labute approximate surface area is 167 Å². The average Bonchev–Trinajstić information content (AvgIpc) is 2.75. The van der Waals surface area contributed by atoms with Crippen molar-refractivity contribution in [2.24, 2.45) is 0 Å². The molecule has 2 aromatic rings. The Morgan fingerprint density at radius 1 is 0.929 bits per heavy atom. The van der Waals surface area contributed by atoms with E-state index >= 15 is 0 Å². The van der Waals surface area contributed by atoms with Crippen LogP contribution in [0, 0.1) is 0 Å². The molecule has 2 saturated heterocycles. The normalized spacial score (nSPS) is 22.9. The lowest BCUT2D eigenvalue weighted by atomic mass is 9.89. The number of rotatable bonds is 3. The van der Waals surface area contributed by atoms with E-state index in [1.807, 2.05) is 0 Å². The third-order valence-corrected chi connectivity index (χ3v) is 7.69. The van der Waals surface area contributed by atoms with Crippen LogP contribution in [0.25, 0.3) is 10.9 Å². The third-order valence-electron chi connectivity index (χ3n) is 7.69. The van der Waals surface area contributed by atoms with E-state index < -0.39 is 0 Å². The summed E-state index contributed by atoms with van der Waals surface area (Å²) >= 11 is 0. The maximum absolute atomic E-state index is 12.6. The Bertz CT molecular complexity index is 904. The van der Waals surface area contributed by atoms with Gasteiger partial charge >= 0.3 is 0 Å². The van der Waals surface area contributed by atoms with Crippen molar-refractivity contribution in [2.45, 2.75) is 70.4 Å². The number of likely N-dealkylation sites (tertiary alicyclic amines) is 1. The number of hydrogen-bond acceptors (Lipinski definition) is 2. The molecular formula is C24H34N3O+. The zero-order valence-electron chi connectivity index (χ0n) is 17.1. The molecule has 2 fully saturated rings. The molecule has 0 spiro atoms. The van der Waals surface area contributed by atoms with Gasteiger partial charge in [0.2, 0.25) is 0 Å². The molecule has 0 atom stereocenters. The summed E-state index contributed by atoms with van der Waals surface area (Å²) in [6, 6.07) is 7.74. The minimum absolute atomic E-state index is 0.152. The molecule has 2 aliphatic heterocycles. The Balaban J connectivity index is 1.50. The van der Waals surface area contributed by atoms with E-state index in [9.17, 15) is 4.79 Å². The van der Waals surface area contributed by atoms with E-state index in [4.69, 9.17) is 0 Å². The highest BCUT2D eigenvalue weighted by Crippen LogP contribution is 2.32. The van der Waals surface area contributed by atoms with Crippen LogP contribution in [0.15, 0.2) is 23.0 Å². The number of nitrogens with one attached hydrogen (secondary N) is 2. The van der Waals surface area contributed by atoms with Crippen LogP contribution in [0.4, 0.5) is 0 Å². The van der Waals surface area contributed by atoms with Crippen molar-refractivity contribution in [1.82, 2.24) is 10.3 Å². The summed E-state index contributed by atoms with van der Waals surface area (Å²) < 4.78 is 1.27. The number of aromatic amines is 1. The van der Waals surface area contributed by atoms with Gasteiger partial charge in [-0.1, -0.05) is 12.1 Å². The standard InChI is InChI=1S/C24H33N3O/c28-24-22-7-3-2-6-20(22)21-9-8-18(16-23(21)26-24)17-27(14-4-1-5-15-27)19-10-12-25-13-11-19/h8-9,16,19,25H,1-7,10-15,17H2/p+1. The van der Waals surface area contributed by atoms with Gasteiger partial charge in [-0.2, -0.15) is 0 Å². The highest BCUT2D eigenvalue weighted by atomic mass is 16.1. The van der Waals surface area contributed by atoms with Gasteiger partial charge in [0.1, 0.15) is 6.54 Å². The molecule has 0 unspecified atom stereocenters. The van der Waals surface area contributed by atoms with Crippen LogP contribution in [0.2, 0.25) is 0 Å². The molecular weight excluding hydrogens is 346 g/mol. The monoisotopic (exact) mass is 380 g/mol. The highest BCUT2D eigenvalue weighted by Gasteiger charge is 2.38. The van der Waals surface area contributed by atoms with E-state index in [1.165, 1.54) is 85.7 Å². The van der Waals surface area contributed by atoms with E-state index in [0.29, 0.717) is 0 Å². The fourth-order valence-corrected chi connectivity index (χ4v) is 6.22. The molecule has 0 radical (unpaired) electrons. The molecule has 150 valence electrons. The van der Waals surface area contributed by atoms with Gasteiger partial charge in [0.25, 0.3) is 5.56 Å². The van der Waals surface area contributed by atoms with E-state index in [2.05, 4.69) is 28.5 Å². The first-order valence-electron chi connectivity index (χ1n) is 11.5. The summed E-state index contributed by atoms with van der Waals surface area (Å²) in [6.07, 6.45) is 11.1. The Morgan fingerprint density at radius 2 is 1.68 bits per heavy atom. The molecule has 4 heteroatoms. The molecule has 1 aliphatic carbocycles. The molecule has 3 heterocycles. The molecule has 4 nitrogen and oxygen atoms in total. The van der Waals surface area contributed by atoms with Crippen molar-refractivity contribution < 1.29 is 4.48 Å². The molecule has 1 aromatic heterocycles. The second kappa shape index (κ2) is 7.64. The number of fused-ring (bicyclic) bond motifs is 3. The Hall–Kier alpha value is -1.65. The highest BCUT2D eigenvalue weighted by molar-refractivity contribution is 5.83. The van der Waals surface area contributed by atoms with E-state index in [0.717, 1.165) is 42.9 Å². The number of aryl methyl sites for hydroxylation is 1. The molecule has 0 saturated carbocycles. The minimum atomic E-state index is 0.152. The van der Waals surface area contributed by atoms with Crippen LogP contribution >= 0.6 is 0 Å². The number of aromatic nitrogens is 1. The fourth-order valence-electron chi connectivity index (χ4n) is 6.22. The third kappa shape index (κ3) is 3.31. The Kier molecular flexibility index (Phi) is 5.02. The van der Waals surface area contributed by atoms with Crippen molar-refractivity contribution >= 4 is 10.9 Å². The molecule has 0 bridgehead atoms. The number of benzene rings is 1. The Morgan fingerprint density at radius 3 is 2.46 bits per heavy atom. The fraction of sp³-hybridized carbons (Fsp3) is 0.625. The summed E-state index contributed by atoms with van der Waals surface area (Å²) in [7, 11) is 0. The number of nitrogens with zero attached hydrogens (tertiary/aromatic N) is 1. The van der Waals surface area contributed by atoms with Crippen molar-refractivity contribution in [1.29, 1.82) is 0 Å². The number of H-pyrrole nitrogens is 1. The quantitative estimate of drug-likeness (QED) is 0.798. The summed E-state index contributed by atoms with van der Waals surface area (Å²) in [5, 5.41) is 4.83. The molecule has 28 heavy (non-hydrogen) atoms. The van der Waals surface area contributed by atoms with Gasteiger partial charge in [0, 0.05) is 48.0 Å². The van der Waals surface area contributed by atoms with Crippen LogP contribution in [-0.4, -0.2) is 41.7 Å². The predicted molar refractivity (Wildman–Crippen MR) is 115 cm³/mol. The first-order valence-corrected chi connectivity index (χ1v) is 11.5. The maximum atomic E-state index is 12.6. The summed E-state index contributed by atoms with van der Waals surface area (Å²) in [6.45, 7) is 6.11. The van der Waals surface area contributed by atoms with Crippen LogP contribution in [0.1, 0.15) is 61.6 Å². The van der Waals surface area contributed by atoms with Crippen molar-refractivity contribution in [2.75, 3.05) is 26.2 Å². The average molecular weight is 381 g/mol. The zero-order valence-corrected chi connectivity index (χ0v) is 17.1. The van der Waals surface area contributed by atoms with Crippen molar-refractivity contribution in [3.63, 3.8) is 0 Å². The van der Waals surface area contributed by atoms with Crippen LogP contribution in [0.5, 0.6) is 0 Å². The summed E-state index contributed by atoms with van der Waals surface area (Å²) in [5.74, 6) is 0. The second-order valence-corrected chi connectivity index (χ2v) is 9.36. The SMILES string of the molecule is O=c1[nH]c2cc(C[N+]3(C4CCNCC4)CCCCC3)ccc2c2c1CCCC2. The van der Waals surface area contributed by atoms with Crippen molar-refractivity contribution in [3.05, 3.63) is 45.2 Å². The van der Waals surface area contributed by atoms with Gasteiger partial charge in [-0.05, 0) is 56.6 Å². The predicted octanol–water partition coefficient (Wildman–Crippen LogP) is 3.66. The maximum Gasteiger partial charge on any atom is 0.251 e. The number of piperidine rings is 2. The second-order valence-electron chi connectivity index (χ2n) is 9.36. The number of hydrogen-bond donors (Lipinski definition) is 2.